The molecule has 5 rings (SSSR count). The molecule has 0 saturated heterocycles. The molecule has 0 saturated carbocycles. The van der Waals surface area contributed by atoms with E-state index in [0.717, 1.165) is 49.9 Å². The molecule has 0 fully saturated rings. The molecule has 0 aliphatic heterocycles. The Morgan fingerprint density at radius 3 is 2.49 bits per heavy atom. The maximum Gasteiger partial charge on any atom is 0.227 e. The molecule has 4 aromatic rings. The average Bonchev–Trinajstić information content (AvgIpc) is 3.35. The Balaban J connectivity index is 1.53. The summed E-state index contributed by atoms with van der Waals surface area (Å²) in [6.07, 6.45) is 4.02. The van der Waals surface area contributed by atoms with Crippen LogP contribution in [0.1, 0.15) is 47.3 Å². The van der Waals surface area contributed by atoms with Crippen molar-refractivity contribution in [2.24, 2.45) is 0 Å². The molecule has 1 aliphatic carbocycles. The van der Waals surface area contributed by atoms with Gasteiger partial charge in [0.2, 0.25) is 11.8 Å². The molecule has 0 bridgehead atoms. The first-order valence-corrected chi connectivity index (χ1v) is 11.6. The van der Waals surface area contributed by atoms with Crippen LogP contribution in [0.3, 0.4) is 0 Å². The molecule has 0 atom stereocenters. The minimum atomic E-state index is -0.340. The molecule has 1 amide bonds. The normalized spacial score (nSPS) is 14.0. The number of nitrogens with one attached hydrogen (secondary N) is 1. The molecule has 1 aliphatic rings. The smallest absolute Gasteiger partial charge is 0.227 e. The second kappa shape index (κ2) is 9.18. The summed E-state index contributed by atoms with van der Waals surface area (Å²) in [5.74, 6) is -0.524. The SMILES string of the molecule is CC(=O)n1cc(/C=C2/C(C)=C(CC(=O)NCc3ccccc3)c3cc(F)ccc32)c2ccccc21. The van der Waals surface area contributed by atoms with Crippen molar-refractivity contribution in [1.82, 2.24) is 9.88 Å². The van der Waals surface area contributed by atoms with Gasteiger partial charge < -0.3 is 5.32 Å². The van der Waals surface area contributed by atoms with Crippen LogP contribution in [0.4, 0.5) is 4.39 Å². The molecule has 4 nitrogen and oxygen atoms in total. The Morgan fingerprint density at radius 2 is 1.71 bits per heavy atom. The summed E-state index contributed by atoms with van der Waals surface area (Å²) in [6.45, 7) is 3.94. The number of nitrogens with zero attached hydrogens (tertiary/aromatic N) is 1. The van der Waals surface area contributed by atoms with Gasteiger partial charge in [0.25, 0.3) is 0 Å². The van der Waals surface area contributed by atoms with Crippen molar-refractivity contribution >= 4 is 39.9 Å². The van der Waals surface area contributed by atoms with Gasteiger partial charge in [0.15, 0.2) is 0 Å². The van der Waals surface area contributed by atoms with Gasteiger partial charge in [-0.05, 0) is 64.6 Å². The summed E-state index contributed by atoms with van der Waals surface area (Å²) in [5, 5.41) is 3.93. The van der Waals surface area contributed by atoms with E-state index < -0.39 is 0 Å². The molecule has 0 spiro atoms. The first-order valence-electron chi connectivity index (χ1n) is 11.6. The zero-order chi connectivity index (χ0) is 24.5. The van der Waals surface area contributed by atoms with Crippen LogP contribution in [-0.4, -0.2) is 16.4 Å². The summed E-state index contributed by atoms with van der Waals surface area (Å²) in [7, 11) is 0. The second-order valence-corrected chi connectivity index (χ2v) is 8.78. The van der Waals surface area contributed by atoms with Crippen LogP contribution in [0.2, 0.25) is 0 Å². The van der Waals surface area contributed by atoms with Crippen LogP contribution >= 0.6 is 0 Å². The number of aromatic nitrogens is 1. The maximum absolute atomic E-state index is 14.2. The van der Waals surface area contributed by atoms with Gasteiger partial charge >= 0.3 is 0 Å². The van der Waals surface area contributed by atoms with Gasteiger partial charge in [0.1, 0.15) is 5.82 Å². The van der Waals surface area contributed by atoms with Gasteiger partial charge in [-0.25, -0.2) is 4.39 Å². The molecule has 5 heteroatoms. The van der Waals surface area contributed by atoms with Crippen molar-refractivity contribution in [1.29, 1.82) is 0 Å². The minimum Gasteiger partial charge on any atom is -0.352 e. The fourth-order valence-corrected chi connectivity index (χ4v) is 4.74. The lowest BCUT2D eigenvalue weighted by atomic mass is 10.0. The summed E-state index contributed by atoms with van der Waals surface area (Å²) < 4.78 is 15.9. The van der Waals surface area contributed by atoms with E-state index >= 15 is 0 Å². The lowest BCUT2D eigenvalue weighted by molar-refractivity contribution is -0.120. The van der Waals surface area contributed by atoms with Crippen LogP contribution in [0.5, 0.6) is 0 Å². The molecule has 35 heavy (non-hydrogen) atoms. The molecule has 1 aromatic heterocycles. The van der Waals surface area contributed by atoms with Crippen molar-refractivity contribution < 1.29 is 14.0 Å². The predicted molar refractivity (Wildman–Crippen MR) is 138 cm³/mol. The monoisotopic (exact) mass is 464 g/mol. The van der Waals surface area contributed by atoms with Gasteiger partial charge in [-0.2, -0.15) is 0 Å². The first kappa shape index (κ1) is 22.5. The number of para-hydroxylation sites is 1. The Labute approximate surface area is 203 Å². The van der Waals surface area contributed by atoms with Crippen LogP contribution < -0.4 is 5.32 Å². The van der Waals surface area contributed by atoms with E-state index in [1.807, 2.05) is 73.8 Å². The number of carbonyl (C=O) groups is 2. The number of fused-ring (bicyclic) bond motifs is 2. The van der Waals surface area contributed by atoms with Crippen molar-refractivity contribution in [2.75, 3.05) is 0 Å². The summed E-state index contributed by atoms with van der Waals surface area (Å²) in [4.78, 5) is 25.0. The van der Waals surface area contributed by atoms with Crippen molar-refractivity contribution in [3.05, 3.63) is 113 Å². The summed E-state index contributed by atoms with van der Waals surface area (Å²) in [6, 6.07) is 22.2. The van der Waals surface area contributed by atoms with E-state index in [0.29, 0.717) is 6.54 Å². The highest BCUT2D eigenvalue weighted by molar-refractivity contribution is 6.10. The predicted octanol–water partition coefficient (Wildman–Crippen LogP) is 6.47. The number of allylic oxidation sites excluding steroid dienone is 2. The third-order valence-electron chi connectivity index (χ3n) is 6.51. The van der Waals surface area contributed by atoms with Crippen molar-refractivity contribution in [3.8, 4) is 0 Å². The summed E-state index contributed by atoms with van der Waals surface area (Å²) >= 11 is 0. The number of amides is 1. The van der Waals surface area contributed by atoms with Gasteiger partial charge in [0, 0.05) is 30.6 Å². The van der Waals surface area contributed by atoms with E-state index in [9.17, 15) is 14.0 Å². The van der Waals surface area contributed by atoms with Crippen molar-refractivity contribution in [2.45, 2.75) is 26.8 Å². The molecule has 1 N–H and O–H groups in total. The van der Waals surface area contributed by atoms with Crippen molar-refractivity contribution in [3.63, 3.8) is 0 Å². The highest BCUT2D eigenvalue weighted by atomic mass is 19.1. The van der Waals surface area contributed by atoms with Crippen LogP contribution in [0.25, 0.3) is 28.1 Å². The zero-order valence-electron chi connectivity index (χ0n) is 19.6. The van der Waals surface area contributed by atoms with Gasteiger partial charge in [-0.1, -0.05) is 54.6 Å². The fourth-order valence-electron chi connectivity index (χ4n) is 4.74. The van der Waals surface area contributed by atoms with Crippen LogP contribution in [0.15, 0.2) is 84.6 Å². The summed E-state index contributed by atoms with van der Waals surface area (Å²) in [5.41, 5.74) is 7.05. The lowest BCUT2D eigenvalue weighted by Crippen LogP contribution is -2.22. The Bertz CT molecular complexity index is 1530. The Hall–Kier alpha value is -4.25. The van der Waals surface area contributed by atoms with Gasteiger partial charge in [-0.15, -0.1) is 0 Å². The van der Waals surface area contributed by atoms with E-state index in [1.165, 1.54) is 19.1 Å². The quantitative estimate of drug-likeness (QED) is 0.368. The van der Waals surface area contributed by atoms with Gasteiger partial charge in [0.05, 0.1) is 11.9 Å². The number of rotatable bonds is 5. The van der Waals surface area contributed by atoms with E-state index in [4.69, 9.17) is 0 Å². The minimum absolute atomic E-state index is 0.0669. The average molecular weight is 465 g/mol. The zero-order valence-corrected chi connectivity index (χ0v) is 19.6. The van der Waals surface area contributed by atoms with Crippen LogP contribution in [-0.2, 0) is 11.3 Å². The highest BCUT2D eigenvalue weighted by Gasteiger charge is 2.26. The molecule has 174 valence electrons. The lowest BCUT2D eigenvalue weighted by Gasteiger charge is -2.08. The standard InChI is InChI=1S/C30H25FN2O2/c1-19-26(14-22-18-33(20(2)34)29-11-7-6-10-24(22)29)25-13-12-23(31)15-28(25)27(19)16-30(35)32-17-21-8-4-3-5-9-21/h3-15,18H,16-17H2,1-2H3,(H,32,35)/b26-14-. The molecular weight excluding hydrogens is 439 g/mol. The number of benzene rings is 3. The van der Waals surface area contributed by atoms with Gasteiger partial charge in [-0.3, -0.25) is 14.2 Å². The van der Waals surface area contributed by atoms with E-state index in [2.05, 4.69) is 5.32 Å². The molecule has 0 radical (unpaired) electrons. The highest BCUT2D eigenvalue weighted by Crippen LogP contribution is 2.44. The Kier molecular flexibility index (Phi) is 5.91. The third kappa shape index (κ3) is 4.33. The first-order chi connectivity index (χ1) is 16.9. The number of halogens is 1. The largest absolute Gasteiger partial charge is 0.352 e. The maximum atomic E-state index is 14.2. The molecule has 0 unspecified atom stereocenters. The fraction of sp³-hybridized carbons (Fsp3) is 0.133. The van der Waals surface area contributed by atoms with Crippen LogP contribution in [0, 0.1) is 5.82 Å². The number of carbonyl (C=O) groups excluding carboxylic acids is 2. The molecule has 1 heterocycles. The second-order valence-electron chi connectivity index (χ2n) is 8.78. The Morgan fingerprint density at radius 1 is 0.971 bits per heavy atom. The third-order valence-corrected chi connectivity index (χ3v) is 6.51. The molecule has 3 aromatic carbocycles. The van der Waals surface area contributed by atoms with E-state index in [1.54, 1.807) is 10.6 Å². The topological polar surface area (TPSA) is 51.1 Å². The van der Waals surface area contributed by atoms with E-state index in [-0.39, 0.29) is 24.1 Å². The molecular formula is C30H25FN2O2. The number of hydrogen-bond acceptors (Lipinski definition) is 2. The number of hydrogen-bond donors (Lipinski definition) is 1.